The molecule has 1 atom stereocenters. The summed E-state index contributed by atoms with van der Waals surface area (Å²) in [6.45, 7) is -0.165. The van der Waals surface area contributed by atoms with Gasteiger partial charge in [0.05, 0.1) is 19.0 Å². The number of aromatic nitrogens is 2. The van der Waals surface area contributed by atoms with E-state index >= 15 is 0 Å². The SMILES string of the molecule is O=P(O)(O)C1(P(=O)(O)O)C(C(O)Cn2ccnc2)=Cc2ccccc21. The molecule has 3 rings (SSSR count). The van der Waals surface area contributed by atoms with Crippen LogP contribution in [-0.4, -0.2) is 40.3 Å². The minimum absolute atomic E-state index is 0.165. The van der Waals surface area contributed by atoms with Gasteiger partial charge < -0.3 is 29.2 Å². The van der Waals surface area contributed by atoms with Crippen LogP contribution in [0.2, 0.25) is 0 Å². The lowest BCUT2D eigenvalue weighted by molar-refractivity contribution is 0.179. The Morgan fingerprint density at radius 2 is 1.76 bits per heavy atom. The third-order valence-corrected chi connectivity index (χ3v) is 8.44. The van der Waals surface area contributed by atoms with E-state index in [1.54, 1.807) is 6.07 Å². The highest BCUT2D eigenvalue weighted by Gasteiger charge is 2.67. The summed E-state index contributed by atoms with van der Waals surface area (Å²) in [5, 5.41) is 10.6. The van der Waals surface area contributed by atoms with E-state index in [2.05, 4.69) is 4.98 Å². The maximum Gasteiger partial charge on any atom is 0.352 e. The van der Waals surface area contributed by atoms with Gasteiger partial charge in [0.15, 0.2) is 0 Å². The van der Waals surface area contributed by atoms with Crippen LogP contribution >= 0.6 is 15.2 Å². The summed E-state index contributed by atoms with van der Waals surface area (Å²) in [5.41, 5.74) is -0.366. The van der Waals surface area contributed by atoms with Crippen LogP contribution in [0.15, 0.2) is 48.6 Å². The maximum atomic E-state index is 12.3. The molecule has 25 heavy (non-hydrogen) atoms. The van der Waals surface area contributed by atoms with Gasteiger partial charge in [0, 0.05) is 12.4 Å². The van der Waals surface area contributed by atoms with Crippen molar-refractivity contribution in [2.75, 3.05) is 0 Å². The van der Waals surface area contributed by atoms with E-state index in [9.17, 15) is 33.8 Å². The van der Waals surface area contributed by atoms with Crippen molar-refractivity contribution in [1.29, 1.82) is 0 Å². The van der Waals surface area contributed by atoms with Crippen LogP contribution < -0.4 is 0 Å². The molecule has 5 N–H and O–H groups in total. The fourth-order valence-electron chi connectivity index (χ4n) is 3.21. The third kappa shape index (κ3) is 2.74. The molecule has 0 aliphatic heterocycles. The van der Waals surface area contributed by atoms with Crippen molar-refractivity contribution in [3.8, 4) is 0 Å². The first-order chi connectivity index (χ1) is 11.6. The Hall–Kier alpha value is -1.57. The van der Waals surface area contributed by atoms with Gasteiger partial charge in [-0.25, -0.2) is 4.98 Å². The zero-order chi connectivity index (χ0) is 18.5. The van der Waals surface area contributed by atoms with Crippen molar-refractivity contribution in [2.45, 2.75) is 17.5 Å². The summed E-state index contributed by atoms with van der Waals surface area (Å²) < 4.78 is 26.1. The Morgan fingerprint density at radius 3 is 2.32 bits per heavy atom. The highest BCUT2D eigenvalue weighted by atomic mass is 31.2. The molecule has 0 saturated carbocycles. The number of hydrogen-bond donors (Lipinski definition) is 5. The van der Waals surface area contributed by atoms with Gasteiger partial charge in [-0.3, -0.25) is 9.13 Å². The second kappa shape index (κ2) is 6.00. The van der Waals surface area contributed by atoms with Crippen LogP contribution in [0.4, 0.5) is 0 Å². The van der Waals surface area contributed by atoms with Crippen molar-refractivity contribution in [1.82, 2.24) is 9.55 Å². The van der Waals surface area contributed by atoms with E-state index in [0.29, 0.717) is 0 Å². The molecule has 0 radical (unpaired) electrons. The van der Waals surface area contributed by atoms with E-state index in [-0.39, 0.29) is 17.7 Å². The largest absolute Gasteiger partial charge is 0.387 e. The Bertz CT molecular complexity index is 891. The molecular formula is C14H16N2O7P2. The summed E-state index contributed by atoms with van der Waals surface area (Å²) >= 11 is 0. The Kier molecular flexibility index (Phi) is 4.38. The van der Waals surface area contributed by atoms with Gasteiger partial charge in [0.2, 0.25) is 4.90 Å². The minimum Gasteiger partial charge on any atom is -0.387 e. The molecule has 1 aromatic carbocycles. The average molecular weight is 386 g/mol. The molecule has 2 aromatic rings. The van der Waals surface area contributed by atoms with Crippen molar-refractivity contribution < 1.29 is 33.8 Å². The number of benzene rings is 1. The molecule has 0 amide bonds. The Labute approximate surface area is 142 Å². The number of aliphatic hydroxyl groups excluding tert-OH is 1. The second-order valence-corrected chi connectivity index (χ2v) is 9.59. The van der Waals surface area contributed by atoms with Crippen molar-refractivity contribution in [3.63, 3.8) is 0 Å². The van der Waals surface area contributed by atoms with Gasteiger partial charge in [0.25, 0.3) is 0 Å². The predicted molar refractivity (Wildman–Crippen MR) is 88.4 cm³/mol. The number of nitrogens with zero attached hydrogens (tertiary/aromatic N) is 2. The summed E-state index contributed by atoms with van der Waals surface area (Å²) in [6.07, 6.45) is 4.03. The lowest BCUT2D eigenvalue weighted by Gasteiger charge is -2.36. The van der Waals surface area contributed by atoms with Crippen molar-refractivity contribution in [2.24, 2.45) is 0 Å². The standard InChI is InChI=1S/C14H16N2O7P2/c17-13(8-16-6-5-15-9-16)12-7-10-3-1-2-4-11(10)14(12,24(18,19)20)25(21,22)23/h1-7,9,13,17H,8H2,(H2,18,19,20)(H2,21,22,23). The number of aliphatic hydroxyl groups is 1. The smallest absolute Gasteiger partial charge is 0.352 e. The van der Waals surface area contributed by atoms with Crippen LogP contribution in [0.5, 0.6) is 0 Å². The molecule has 0 bridgehead atoms. The molecule has 134 valence electrons. The van der Waals surface area contributed by atoms with E-state index in [1.165, 1.54) is 47.6 Å². The van der Waals surface area contributed by atoms with E-state index in [1.807, 2.05) is 0 Å². The monoisotopic (exact) mass is 386 g/mol. The Balaban J connectivity index is 2.22. The predicted octanol–water partition coefficient (Wildman–Crippen LogP) is 0.849. The van der Waals surface area contributed by atoms with E-state index in [0.717, 1.165) is 0 Å². The molecular weight excluding hydrogens is 370 g/mol. The first-order valence-corrected chi connectivity index (χ1v) is 10.4. The third-order valence-electron chi connectivity index (χ3n) is 4.19. The topological polar surface area (TPSA) is 153 Å². The molecule has 1 unspecified atom stereocenters. The molecule has 9 nitrogen and oxygen atoms in total. The van der Waals surface area contributed by atoms with Crippen LogP contribution in [0.25, 0.3) is 6.08 Å². The number of hydrogen-bond acceptors (Lipinski definition) is 4. The van der Waals surface area contributed by atoms with Gasteiger partial charge in [-0.05, 0) is 16.7 Å². The van der Waals surface area contributed by atoms with Gasteiger partial charge in [-0.15, -0.1) is 0 Å². The number of rotatable bonds is 5. The molecule has 1 heterocycles. The molecule has 1 aliphatic rings. The summed E-state index contributed by atoms with van der Waals surface area (Å²) in [6, 6.07) is 5.73. The number of fused-ring (bicyclic) bond motifs is 1. The second-order valence-electron chi connectivity index (χ2n) is 5.72. The molecule has 1 aromatic heterocycles. The molecule has 0 saturated heterocycles. The highest BCUT2D eigenvalue weighted by Crippen LogP contribution is 2.80. The van der Waals surface area contributed by atoms with E-state index < -0.39 is 31.8 Å². The number of imidazole rings is 1. The molecule has 0 spiro atoms. The zero-order valence-corrected chi connectivity index (χ0v) is 14.5. The van der Waals surface area contributed by atoms with Gasteiger partial charge >= 0.3 is 15.2 Å². The normalized spacial score (nSPS) is 17.9. The lowest BCUT2D eigenvalue weighted by atomic mass is 10.0. The van der Waals surface area contributed by atoms with Gasteiger partial charge in [-0.2, -0.15) is 0 Å². The zero-order valence-electron chi connectivity index (χ0n) is 12.7. The Morgan fingerprint density at radius 1 is 1.12 bits per heavy atom. The molecule has 1 aliphatic carbocycles. The van der Waals surface area contributed by atoms with Crippen LogP contribution in [0.1, 0.15) is 11.1 Å². The van der Waals surface area contributed by atoms with Crippen LogP contribution in [0, 0.1) is 0 Å². The lowest BCUT2D eigenvalue weighted by Crippen LogP contribution is -2.34. The fourth-order valence-corrected chi connectivity index (χ4v) is 6.70. The minimum atomic E-state index is -5.41. The summed E-state index contributed by atoms with van der Waals surface area (Å²) in [5.74, 6) is 0. The molecule has 11 heteroatoms. The van der Waals surface area contributed by atoms with Gasteiger partial charge in [0.1, 0.15) is 0 Å². The quantitative estimate of drug-likeness (QED) is 0.474. The summed E-state index contributed by atoms with van der Waals surface area (Å²) in [4.78, 5) is 40.7. The van der Waals surface area contributed by atoms with Crippen LogP contribution in [-0.2, 0) is 20.6 Å². The summed E-state index contributed by atoms with van der Waals surface area (Å²) in [7, 11) is -10.8. The van der Waals surface area contributed by atoms with Crippen molar-refractivity contribution in [3.05, 3.63) is 59.7 Å². The van der Waals surface area contributed by atoms with Crippen LogP contribution in [0.3, 0.4) is 0 Å². The average Bonchev–Trinajstić information content (AvgIpc) is 3.10. The van der Waals surface area contributed by atoms with Crippen molar-refractivity contribution >= 4 is 21.3 Å². The van der Waals surface area contributed by atoms with Gasteiger partial charge in [-0.1, -0.05) is 30.3 Å². The maximum absolute atomic E-state index is 12.3. The highest BCUT2D eigenvalue weighted by molar-refractivity contribution is 7.72. The fraction of sp³-hybridized carbons (Fsp3) is 0.214. The first kappa shape index (κ1) is 18.2. The van der Waals surface area contributed by atoms with E-state index in [4.69, 9.17) is 0 Å². The molecule has 0 fully saturated rings. The first-order valence-electron chi connectivity index (χ1n) is 7.15.